The second-order valence-electron chi connectivity index (χ2n) is 12.5. The lowest BCUT2D eigenvalue weighted by Crippen LogP contribution is -2.39. The molecule has 0 saturated heterocycles. The molecule has 0 bridgehead atoms. The monoisotopic (exact) mass is 574 g/mol. The van der Waals surface area contributed by atoms with E-state index in [2.05, 4.69) is 44.8 Å². The molecule has 1 heterocycles. The first kappa shape index (κ1) is 32.6. The Labute approximate surface area is 251 Å². The molecule has 2 aromatic rings. The zero-order valence-electron chi connectivity index (χ0n) is 26.2. The maximum absolute atomic E-state index is 13.1. The first-order chi connectivity index (χ1) is 19.7. The average Bonchev–Trinajstić information content (AvgIpc) is 2.93. The summed E-state index contributed by atoms with van der Waals surface area (Å²) in [5, 5.41) is 3.13. The number of amides is 2. The minimum Gasteiger partial charge on any atom is -0.445 e. The van der Waals surface area contributed by atoms with Gasteiger partial charge in [0, 0.05) is 19.5 Å². The highest BCUT2D eigenvalue weighted by Gasteiger charge is 2.29. The van der Waals surface area contributed by atoms with Crippen LogP contribution in [0.25, 0.3) is 11.1 Å². The topological polar surface area (TPSA) is 84.9 Å². The van der Waals surface area contributed by atoms with Crippen molar-refractivity contribution in [1.29, 1.82) is 0 Å². The number of benzene rings is 2. The van der Waals surface area contributed by atoms with Crippen LogP contribution in [0.3, 0.4) is 0 Å². The van der Waals surface area contributed by atoms with Gasteiger partial charge in [-0.25, -0.2) is 9.59 Å². The SMILES string of the molecule is C=C(CC(C)=O)c1ccc(C2=CCN(C(=O)OC(C)(C)C)CC2)cc1[C@H](NC(=O)OCc1ccccc1)[C@@H](C)C(C)C. The van der Waals surface area contributed by atoms with Gasteiger partial charge < -0.3 is 19.7 Å². The van der Waals surface area contributed by atoms with Crippen LogP contribution in [-0.2, 0) is 20.9 Å². The summed E-state index contributed by atoms with van der Waals surface area (Å²) in [6, 6.07) is 15.3. The quantitative estimate of drug-likeness (QED) is 0.311. The van der Waals surface area contributed by atoms with E-state index in [-0.39, 0.29) is 42.8 Å². The van der Waals surface area contributed by atoms with Gasteiger partial charge in [-0.3, -0.25) is 4.79 Å². The van der Waals surface area contributed by atoms with Crippen molar-refractivity contribution in [2.45, 2.75) is 79.6 Å². The van der Waals surface area contributed by atoms with Crippen molar-refractivity contribution in [3.8, 4) is 0 Å². The first-order valence-corrected chi connectivity index (χ1v) is 14.7. The van der Waals surface area contributed by atoms with E-state index in [1.54, 1.807) is 11.8 Å². The summed E-state index contributed by atoms with van der Waals surface area (Å²) in [4.78, 5) is 39.4. The predicted molar refractivity (Wildman–Crippen MR) is 168 cm³/mol. The van der Waals surface area contributed by atoms with Crippen LogP contribution in [0.1, 0.15) is 89.6 Å². The van der Waals surface area contributed by atoms with Crippen molar-refractivity contribution in [2.24, 2.45) is 11.8 Å². The minimum atomic E-state index is -0.550. The van der Waals surface area contributed by atoms with Crippen molar-refractivity contribution >= 4 is 29.1 Å². The van der Waals surface area contributed by atoms with Gasteiger partial charge in [0.1, 0.15) is 18.0 Å². The number of ether oxygens (including phenoxy) is 2. The Morgan fingerprint density at radius 3 is 2.31 bits per heavy atom. The van der Waals surface area contributed by atoms with Gasteiger partial charge in [-0.1, -0.05) is 75.9 Å². The lowest BCUT2D eigenvalue weighted by Gasteiger charge is -2.32. The molecule has 0 aromatic heterocycles. The van der Waals surface area contributed by atoms with Crippen LogP contribution in [0.15, 0.2) is 61.2 Å². The molecule has 2 atom stereocenters. The molecule has 1 aliphatic rings. The number of carbonyl (C=O) groups is 3. The summed E-state index contributed by atoms with van der Waals surface area (Å²) in [7, 11) is 0. The van der Waals surface area contributed by atoms with E-state index in [9.17, 15) is 14.4 Å². The molecule has 0 aliphatic carbocycles. The van der Waals surface area contributed by atoms with E-state index in [0.717, 1.165) is 27.8 Å². The second-order valence-corrected chi connectivity index (χ2v) is 12.5. The number of hydrogen-bond acceptors (Lipinski definition) is 5. The molecule has 3 rings (SSSR count). The van der Waals surface area contributed by atoms with Gasteiger partial charge in [-0.05, 0) is 85.4 Å². The number of nitrogens with one attached hydrogen (secondary N) is 1. The summed E-state index contributed by atoms with van der Waals surface area (Å²) in [5.74, 6) is 0.325. The molecule has 7 heteroatoms. The lowest BCUT2D eigenvalue weighted by molar-refractivity contribution is -0.116. The molecule has 0 saturated carbocycles. The van der Waals surface area contributed by atoms with E-state index in [0.29, 0.717) is 25.1 Å². The number of alkyl carbamates (subject to hydrolysis) is 1. The van der Waals surface area contributed by atoms with Gasteiger partial charge in [0.25, 0.3) is 0 Å². The van der Waals surface area contributed by atoms with Gasteiger partial charge in [0.05, 0.1) is 6.04 Å². The van der Waals surface area contributed by atoms with Crippen LogP contribution < -0.4 is 5.32 Å². The van der Waals surface area contributed by atoms with Crippen LogP contribution in [0.4, 0.5) is 9.59 Å². The van der Waals surface area contributed by atoms with Crippen LogP contribution in [-0.4, -0.2) is 41.6 Å². The van der Waals surface area contributed by atoms with Crippen LogP contribution in [0.2, 0.25) is 0 Å². The van der Waals surface area contributed by atoms with Crippen molar-refractivity contribution in [3.63, 3.8) is 0 Å². The smallest absolute Gasteiger partial charge is 0.410 e. The Morgan fingerprint density at radius 2 is 1.74 bits per heavy atom. The Bertz CT molecular complexity index is 1310. The lowest BCUT2D eigenvalue weighted by atomic mass is 9.81. The largest absolute Gasteiger partial charge is 0.445 e. The van der Waals surface area contributed by atoms with Crippen LogP contribution in [0, 0.1) is 11.8 Å². The Morgan fingerprint density at radius 1 is 1.05 bits per heavy atom. The maximum Gasteiger partial charge on any atom is 0.410 e. The highest BCUT2D eigenvalue weighted by Crippen LogP contribution is 2.36. The van der Waals surface area contributed by atoms with Crippen LogP contribution >= 0.6 is 0 Å². The number of allylic oxidation sites excluding steroid dienone is 1. The molecule has 1 aliphatic heterocycles. The maximum atomic E-state index is 13.1. The number of hydrogen-bond donors (Lipinski definition) is 1. The predicted octanol–water partition coefficient (Wildman–Crippen LogP) is 7.96. The number of rotatable bonds is 10. The standard InChI is InChI=1S/C35H46N2O5/c1-23(2)26(5)32(36-33(39)41-22-27-12-10-9-11-13-27)31-21-29(14-15-30(31)24(3)20-25(4)38)28-16-18-37(19-17-28)34(40)42-35(6,7)8/h9-16,21,23,26,32H,3,17-20,22H2,1-2,4-8H3,(H,36,39)/t26-,32+/m0/s1. The molecule has 0 spiro atoms. The fraction of sp³-hybridized carbons (Fsp3) is 0.457. The number of Topliss-reactive ketones (excluding diaryl/α,β-unsaturated/α-hetero) is 1. The summed E-state index contributed by atoms with van der Waals surface area (Å²) < 4.78 is 11.1. The summed E-state index contributed by atoms with van der Waals surface area (Å²) in [5.41, 5.74) is 4.93. The van der Waals surface area contributed by atoms with Crippen molar-refractivity contribution < 1.29 is 23.9 Å². The summed E-state index contributed by atoms with van der Waals surface area (Å²) >= 11 is 0. The summed E-state index contributed by atoms with van der Waals surface area (Å²) in [6.45, 7) is 18.9. The number of nitrogens with zero attached hydrogens (tertiary/aromatic N) is 1. The average molecular weight is 575 g/mol. The zero-order chi connectivity index (χ0) is 31.0. The van der Waals surface area contributed by atoms with Crippen molar-refractivity contribution in [1.82, 2.24) is 10.2 Å². The molecular formula is C35H46N2O5. The van der Waals surface area contributed by atoms with Gasteiger partial charge in [0.2, 0.25) is 0 Å². The third-order valence-electron chi connectivity index (χ3n) is 7.52. The Kier molecular flexibility index (Phi) is 11.1. The third-order valence-corrected chi connectivity index (χ3v) is 7.52. The molecule has 1 N–H and O–H groups in total. The Hall–Kier alpha value is -3.87. The van der Waals surface area contributed by atoms with Crippen LogP contribution in [0.5, 0.6) is 0 Å². The molecule has 0 fully saturated rings. The van der Waals surface area contributed by atoms with E-state index >= 15 is 0 Å². The number of ketones is 1. The second kappa shape index (κ2) is 14.3. The fourth-order valence-corrected chi connectivity index (χ4v) is 4.93. The molecular weight excluding hydrogens is 528 g/mol. The molecule has 226 valence electrons. The third kappa shape index (κ3) is 9.33. The van der Waals surface area contributed by atoms with Gasteiger partial charge in [-0.2, -0.15) is 0 Å². The van der Waals surface area contributed by atoms with Gasteiger partial charge in [-0.15, -0.1) is 0 Å². The van der Waals surface area contributed by atoms with Crippen molar-refractivity contribution in [2.75, 3.05) is 13.1 Å². The molecule has 0 radical (unpaired) electrons. The van der Waals surface area contributed by atoms with E-state index in [1.807, 2.05) is 63.2 Å². The normalized spacial score (nSPS) is 15.0. The van der Waals surface area contributed by atoms with E-state index in [1.165, 1.54) is 0 Å². The van der Waals surface area contributed by atoms with Gasteiger partial charge in [0.15, 0.2) is 0 Å². The molecule has 2 aromatic carbocycles. The molecule has 2 amide bonds. The highest BCUT2D eigenvalue weighted by atomic mass is 16.6. The Balaban J connectivity index is 1.94. The van der Waals surface area contributed by atoms with E-state index < -0.39 is 11.7 Å². The molecule has 42 heavy (non-hydrogen) atoms. The fourth-order valence-electron chi connectivity index (χ4n) is 4.93. The summed E-state index contributed by atoms with van der Waals surface area (Å²) in [6.07, 6.45) is 2.12. The highest BCUT2D eigenvalue weighted by molar-refractivity contribution is 5.89. The number of carbonyl (C=O) groups excluding carboxylic acids is 3. The van der Waals surface area contributed by atoms with E-state index in [4.69, 9.17) is 9.47 Å². The zero-order valence-corrected chi connectivity index (χ0v) is 26.2. The van der Waals surface area contributed by atoms with Crippen molar-refractivity contribution in [3.05, 3.63) is 83.4 Å². The first-order valence-electron chi connectivity index (χ1n) is 14.7. The molecule has 7 nitrogen and oxygen atoms in total. The van der Waals surface area contributed by atoms with Gasteiger partial charge >= 0.3 is 12.2 Å². The minimum absolute atomic E-state index is 0.0240. The molecule has 0 unspecified atom stereocenters.